The van der Waals surface area contributed by atoms with Gasteiger partial charge in [-0.1, -0.05) is 44.7 Å². The molecule has 1 heterocycles. The number of hydrogen-bond acceptors (Lipinski definition) is 4. The van der Waals surface area contributed by atoms with E-state index in [1.165, 1.54) is 5.56 Å². The van der Waals surface area contributed by atoms with Crippen LogP contribution < -0.4 is 0 Å². The van der Waals surface area contributed by atoms with E-state index in [4.69, 9.17) is 10.3 Å². The molecule has 6 heteroatoms. The second-order valence-electron chi connectivity index (χ2n) is 7.58. The molecule has 0 saturated carbocycles. The van der Waals surface area contributed by atoms with E-state index in [1.807, 2.05) is 42.1 Å². The summed E-state index contributed by atoms with van der Waals surface area (Å²) in [7, 11) is 0. The number of amidine groups is 1. The van der Waals surface area contributed by atoms with Crippen molar-refractivity contribution in [2.24, 2.45) is 10.9 Å². The normalized spacial score (nSPS) is 17.4. The molecule has 0 radical (unpaired) electrons. The molecule has 2 aromatic rings. The molecule has 1 N–H and O–H groups in total. The third kappa shape index (κ3) is 5.91. The van der Waals surface area contributed by atoms with Gasteiger partial charge in [0, 0.05) is 18.3 Å². The number of nitrogens with zero attached hydrogens (tertiary/aromatic N) is 3. The molecular formula is C23H28ClN3OS. The lowest BCUT2D eigenvalue weighted by Crippen LogP contribution is -2.38. The van der Waals surface area contributed by atoms with Gasteiger partial charge in [-0.25, -0.2) is 4.99 Å². The van der Waals surface area contributed by atoms with Crippen LogP contribution in [0.4, 0.5) is 5.69 Å². The van der Waals surface area contributed by atoms with E-state index in [1.54, 1.807) is 12.1 Å². The Kier molecular flexibility index (Phi) is 8.43. The van der Waals surface area contributed by atoms with Gasteiger partial charge in [-0.15, -0.1) is 12.4 Å². The summed E-state index contributed by atoms with van der Waals surface area (Å²) in [5.74, 6) is 1.85. The number of rotatable bonds is 6. The monoisotopic (exact) mass is 429 g/mol. The van der Waals surface area contributed by atoms with E-state index >= 15 is 0 Å². The smallest absolute Gasteiger partial charge is 0.164 e. The van der Waals surface area contributed by atoms with Gasteiger partial charge >= 0.3 is 0 Å². The second-order valence-corrected chi connectivity index (χ2v) is 8.57. The van der Waals surface area contributed by atoms with Crippen molar-refractivity contribution in [1.29, 1.82) is 5.26 Å². The minimum absolute atomic E-state index is 0. The third-order valence-electron chi connectivity index (χ3n) is 4.87. The molecule has 0 aromatic heterocycles. The van der Waals surface area contributed by atoms with Crippen LogP contribution in [0.2, 0.25) is 0 Å². The van der Waals surface area contributed by atoms with Gasteiger partial charge in [0.05, 0.1) is 17.3 Å². The van der Waals surface area contributed by atoms with Crippen molar-refractivity contribution in [3.8, 4) is 11.8 Å². The van der Waals surface area contributed by atoms with E-state index in [-0.39, 0.29) is 12.4 Å². The first-order chi connectivity index (χ1) is 13.5. The van der Waals surface area contributed by atoms with Gasteiger partial charge in [-0.3, -0.25) is 0 Å². The molecule has 0 aliphatic carbocycles. The Labute approximate surface area is 184 Å². The van der Waals surface area contributed by atoms with Crippen LogP contribution in [0.5, 0.6) is 5.75 Å². The zero-order valence-corrected chi connectivity index (χ0v) is 18.8. The highest BCUT2D eigenvalue weighted by Gasteiger charge is 2.30. The van der Waals surface area contributed by atoms with Crippen molar-refractivity contribution in [2.45, 2.75) is 39.7 Å². The number of phenolic OH excluding ortho intramolecular Hbond substituents is 1. The van der Waals surface area contributed by atoms with Crippen molar-refractivity contribution in [1.82, 2.24) is 4.90 Å². The number of aromatic hydroxyl groups is 1. The Morgan fingerprint density at radius 1 is 1.24 bits per heavy atom. The molecule has 1 aliphatic rings. The number of thioether (sulfide) groups is 1. The fourth-order valence-corrected chi connectivity index (χ4v) is 4.63. The number of benzene rings is 2. The highest BCUT2D eigenvalue weighted by molar-refractivity contribution is 8.14. The summed E-state index contributed by atoms with van der Waals surface area (Å²) in [6, 6.07) is 15.9. The summed E-state index contributed by atoms with van der Waals surface area (Å²) in [5.41, 5.74) is 3.98. The van der Waals surface area contributed by atoms with E-state index in [2.05, 4.69) is 31.7 Å². The van der Waals surface area contributed by atoms with Crippen LogP contribution in [0, 0.1) is 17.2 Å². The number of aryl methyl sites for hydroxylation is 1. The summed E-state index contributed by atoms with van der Waals surface area (Å²) in [5, 5.41) is 19.7. The molecule has 2 aromatic carbocycles. The van der Waals surface area contributed by atoms with Crippen molar-refractivity contribution >= 4 is 35.0 Å². The molecule has 0 unspecified atom stereocenters. The maximum atomic E-state index is 9.53. The zero-order valence-electron chi connectivity index (χ0n) is 17.1. The lowest BCUT2D eigenvalue weighted by molar-refractivity contribution is 0.311. The highest BCUT2D eigenvalue weighted by Crippen LogP contribution is 2.31. The largest absolute Gasteiger partial charge is 0.508 e. The van der Waals surface area contributed by atoms with Gasteiger partial charge in [0.1, 0.15) is 5.75 Å². The lowest BCUT2D eigenvalue weighted by Gasteiger charge is -2.28. The fraction of sp³-hybridized carbons (Fsp3) is 0.391. The van der Waals surface area contributed by atoms with Gasteiger partial charge in [0.15, 0.2) is 5.17 Å². The van der Waals surface area contributed by atoms with Crippen LogP contribution in [0.1, 0.15) is 37.5 Å². The second kappa shape index (κ2) is 10.6. The first-order valence-corrected chi connectivity index (χ1v) is 10.8. The van der Waals surface area contributed by atoms with Crippen LogP contribution in [-0.4, -0.2) is 33.5 Å². The highest BCUT2D eigenvalue weighted by atomic mass is 35.5. The van der Waals surface area contributed by atoms with Crippen LogP contribution in [-0.2, 0) is 12.8 Å². The molecular weight excluding hydrogens is 402 g/mol. The number of halogens is 1. The zero-order chi connectivity index (χ0) is 20.1. The molecule has 3 rings (SSSR count). The van der Waals surface area contributed by atoms with E-state index < -0.39 is 0 Å². The molecule has 154 valence electrons. The van der Waals surface area contributed by atoms with Crippen LogP contribution in [0.25, 0.3) is 0 Å². The average Bonchev–Trinajstić information content (AvgIpc) is 3.04. The minimum Gasteiger partial charge on any atom is -0.508 e. The summed E-state index contributed by atoms with van der Waals surface area (Å²) < 4.78 is 0. The van der Waals surface area contributed by atoms with Crippen molar-refractivity contribution in [3.05, 3.63) is 59.2 Å². The van der Waals surface area contributed by atoms with Gasteiger partial charge in [-0.05, 0) is 60.2 Å². The van der Waals surface area contributed by atoms with Crippen LogP contribution in [0.15, 0.2) is 47.5 Å². The first kappa shape index (κ1) is 23.1. The molecule has 0 bridgehead atoms. The van der Waals surface area contributed by atoms with E-state index in [9.17, 15) is 5.11 Å². The number of hydrogen-bond donors (Lipinski definition) is 1. The van der Waals surface area contributed by atoms with Crippen molar-refractivity contribution in [2.75, 3.05) is 12.3 Å². The quantitative estimate of drug-likeness (QED) is 0.653. The predicted octanol–water partition coefficient (Wildman–Crippen LogP) is 5.55. The Morgan fingerprint density at radius 2 is 1.97 bits per heavy atom. The van der Waals surface area contributed by atoms with Gasteiger partial charge in [-0.2, -0.15) is 5.26 Å². The van der Waals surface area contributed by atoms with E-state index in [0.717, 1.165) is 41.6 Å². The number of nitriles is 1. The molecule has 1 aliphatic heterocycles. The van der Waals surface area contributed by atoms with E-state index in [0.29, 0.717) is 23.3 Å². The fourth-order valence-electron chi connectivity index (χ4n) is 3.44. The van der Waals surface area contributed by atoms with Gasteiger partial charge in [0.2, 0.25) is 0 Å². The third-order valence-corrected chi connectivity index (χ3v) is 6.00. The summed E-state index contributed by atoms with van der Waals surface area (Å²) >= 11 is 1.81. The van der Waals surface area contributed by atoms with Crippen molar-refractivity contribution in [3.63, 3.8) is 0 Å². The number of phenols is 1. The maximum absolute atomic E-state index is 9.53. The predicted molar refractivity (Wildman–Crippen MR) is 124 cm³/mol. The maximum Gasteiger partial charge on any atom is 0.164 e. The topological polar surface area (TPSA) is 59.6 Å². The lowest BCUT2D eigenvalue weighted by atomic mass is 10.0. The first-order valence-electron chi connectivity index (χ1n) is 9.79. The molecule has 0 amide bonds. The Hall–Kier alpha value is -2.16. The van der Waals surface area contributed by atoms with Gasteiger partial charge in [0.25, 0.3) is 0 Å². The Morgan fingerprint density at radius 3 is 2.59 bits per heavy atom. The van der Waals surface area contributed by atoms with Crippen molar-refractivity contribution < 1.29 is 5.11 Å². The summed E-state index contributed by atoms with van der Waals surface area (Å²) in [4.78, 5) is 7.43. The molecule has 0 spiro atoms. The standard InChI is InChI=1S/C23H27N3OS.ClH/c1-4-19-11-18(13-24)7-10-22(19)25-23-26(14-16(2)3)20(15-28-23)12-17-5-8-21(27)9-6-17;/h5-11,16,20,27H,4,12,14-15H2,1-3H3;1H/t20-;/m0./s1. The molecule has 1 saturated heterocycles. The summed E-state index contributed by atoms with van der Waals surface area (Å²) in [6.45, 7) is 7.53. The van der Waals surface area contributed by atoms with Crippen LogP contribution in [0.3, 0.4) is 0 Å². The minimum atomic E-state index is 0. The molecule has 1 fully saturated rings. The van der Waals surface area contributed by atoms with Gasteiger partial charge < -0.3 is 10.0 Å². The molecule has 4 nitrogen and oxygen atoms in total. The molecule has 1 atom stereocenters. The Bertz CT molecular complexity index is 890. The van der Waals surface area contributed by atoms with Crippen LogP contribution >= 0.6 is 24.2 Å². The SMILES string of the molecule is CCc1cc(C#N)ccc1N=C1SC[C@H](Cc2ccc(O)cc2)N1CC(C)C.Cl. The Balaban J connectivity index is 0.00000300. The summed E-state index contributed by atoms with van der Waals surface area (Å²) in [6.07, 6.45) is 1.79. The number of aliphatic imine (C=N–C) groups is 1. The molecule has 29 heavy (non-hydrogen) atoms. The average molecular weight is 430 g/mol.